The van der Waals surface area contributed by atoms with Crippen LogP contribution in [0.3, 0.4) is 0 Å². The van der Waals surface area contributed by atoms with Crippen LogP contribution in [-0.2, 0) is 6.42 Å². The number of hydrogen-bond acceptors (Lipinski definition) is 4. The molecule has 2 aliphatic carbocycles. The maximum atomic E-state index is 11.0. The molecule has 0 amide bonds. The summed E-state index contributed by atoms with van der Waals surface area (Å²) in [6.07, 6.45) is 14.4. The summed E-state index contributed by atoms with van der Waals surface area (Å²) in [5.41, 5.74) is 0.129. The van der Waals surface area contributed by atoms with Crippen LogP contribution in [0, 0.1) is 34.5 Å². The molecule has 1 aromatic rings. The van der Waals surface area contributed by atoms with E-state index >= 15 is 0 Å². The van der Waals surface area contributed by atoms with E-state index < -0.39 is 5.97 Å². The van der Waals surface area contributed by atoms with Crippen LogP contribution in [0.5, 0.6) is 0 Å². The van der Waals surface area contributed by atoms with E-state index in [9.17, 15) is 15.2 Å². The van der Waals surface area contributed by atoms with Crippen molar-refractivity contribution in [2.24, 2.45) is 23.2 Å². The van der Waals surface area contributed by atoms with Crippen molar-refractivity contribution in [2.75, 3.05) is 0 Å². The molecule has 158 valence electrons. The van der Waals surface area contributed by atoms with E-state index in [1.807, 2.05) is 6.07 Å². The van der Waals surface area contributed by atoms with Gasteiger partial charge in [-0.3, -0.25) is 0 Å². The molecular formula is C24H33NO3S. The lowest BCUT2D eigenvalue weighted by molar-refractivity contribution is -0.0355. The van der Waals surface area contributed by atoms with Gasteiger partial charge in [-0.05, 0) is 87.2 Å². The van der Waals surface area contributed by atoms with Crippen LogP contribution in [0.4, 0.5) is 0 Å². The smallest absolute Gasteiger partial charge is 0.345 e. The molecule has 2 N–H and O–H groups in total. The van der Waals surface area contributed by atoms with Gasteiger partial charge in [0.1, 0.15) is 4.88 Å². The highest BCUT2D eigenvalue weighted by Gasteiger charge is 2.41. The van der Waals surface area contributed by atoms with Gasteiger partial charge in [0.05, 0.1) is 18.1 Å². The molecule has 29 heavy (non-hydrogen) atoms. The van der Waals surface area contributed by atoms with E-state index in [1.54, 1.807) is 6.07 Å². The Kier molecular flexibility index (Phi) is 7.54. The Balaban J connectivity index is 1.51. The van der Waals surface area contributed by atoms with E-state index in [4.69, 9.17) is 5.11 Å². The molecule has 0 bridgehead atoms. The Morgan fingerprint density at radius 3 is 2.79 bits per heavy atom. The summed E-state index contributed by atoms with van der Waals surface area (Å²) in [4.78, 5) is 12.5. The molecule has 4 nitrogen and oxygen atoms in total. The Labute approximate surface area is 178 Å². The Morgan fingerprint density at radius 2 is 2.21 bits per heavy atom. The van der Waals surface area contributed by atoms with Gasteiger partial charge < -0.3 is 10.2 Å². The number of carboxylic acids is 1. The molecule has 3 rings (SSSR count). The third-order valence-electron chi connectivity index (χ3n) is 7.37. The van der Waals surface area contributed by atoms with Gasteiger partial charge in [0.25, 0.3) is 0 Å². The molecule has 1 heterocycles. The zero-order valence-electron chi connectivity index (χ0n) is 17.3. The number of aryl methyl sites for hydroxylation is 1. The first-order valence-corrected chi connectivity index (χ1v) is 11.9. The summed E-state index contributed by atoms with van der Waals surface area (Å²) in [6.45, 7) is 2.18. The largest absolute Gasteiger partial charge is 0.477 e. The number of hydrogen-bond donors (Lipinski definition) is 2. The lowest BCUT2D eigenvalue weighted by Gasteiger charge is -2.45. The van der Waals surface area contributed by atoms with E-state index in [-0.39, 0.29) is 23.4 Å². The minimum Gasteiger partial charge on any atom is -0.477 e. The fourth-order valence-electron chi connectivity index (χ4n) is 5.22. The molecule has 1 unspecified atom stereocenters. The number of thiophene rings is 1. The molecule has 0 aromatic carbocycles. The molecular weight excluding hydrogens is 382 g/mol. The average Bonchev–Trinajstić information content (AvgIpc) is 3.29. The molecule has 1 aromatic heterocycles. The monoisotopic (exact) mass is 415 g/mol. The summed E-state index contributed by atoms with van der Waals surface area (Å²) in [7, 11) is 0. The number of aromatic carboxylic acids is 1. The average molecular weight is 416 g/mol. The summed E-state index contributed by atoms with van der Waals surface area (Å²) in [5.74, 6) is 0.0190. The zero-order chi connectivity index (χ0) is 20.9. The Bertz CT molecular complexity index is 753. The van der Waals surface area contributed by atoms with Crippen LogP contribution in [0.1, 0.15) is 79.3 Å². The van der Waals surface area contributed by atoms with Crippen LogP contribution in [0.15, 0.2) is 24.3 Å². The summed E-state index contributed by atoms with van der Waals surface area (Å²) in [6, 6.07) is 6.10. The van der Waals surface area contributed by atoms with Crippen molar-refractivity contribution >= 4 is 17.3 Å². The second-order valence-electron chi connectivity index (χ2n) is 8.86. The van der Waals surface area contributed by atoms with Gasteiger partial charge in [0, 0.05) is 4.88 Å². The number of aliphatic hydroxyl groups is 1. The highest BCUT2D eigenvalue weighted by molar-refractivity contribution is 7.13. The van der Waals surface area contributed by atoms with Crippen molar-refractivity contribution in [3.05, 3.63) is 34.0 Å². The van der Waals surface area contributed by atoms with Gasteiger partial charge in [0.2, 0.25) is 0 Å². The standard InChI is InChI=1S/C24H33NO3S/c1-2-24(14-5-15-24)22(26)9-4-8-20-17(10-11-18(20)16-25)6-3-7-19-12-13-21(29-19)23(27)28/h4,8,12-13,17-18,20,22,26H,2-3,5-7,9-11,14-15H2,1H3,(H,27,28)/t17-,18-,20+,22?/m0/s1. The van der Waals surface area contributed by atoms with Crippen LogP contribution < -0.4 is 0 Å². The second kappa shape index (κ2) is 9.91. The first-order chi connectivity index (χ1) is 14.0. The van der Waals surface area contributed by atoms with E-state index in [2.05, 4.69) is 25.1 Å². The molecule has 4 atom stereocenters. The minimum absolute atomic E-state index is 0.0811. The fraction of sp³-hybridized carbons (Fsp3) is 0.667. The van der Waals surface area contributed by atoms with Crippen molar-refractivity contribution in [1.29, 1.82) is 5.26 Å². The number of allylic oxidation sites excluding steroid dienone is 1. The molecule has 0 spiro atoms. The van der Waals surface area contributed by atoms with Crippen LogP contribution >= 0.6 is 11.3 Å². The first-order valence-electron chi connectivity index (χ1n) is 11.1. The molecule has 2 aliphatic rings. The van der Waals surface area contributed by atoms with Crippen molar-refractivity contribution in [3.63, 3.8) is 0 Å². The van der Waals surface area contributed by atoms with Gasteiger partial charge in [-0.25, -0.2) is 4.79 Å². The van der Waals surface area contributed by atoms with Gasteiger partial charge in [-0.1, -0.05) is 25.5 Å². The number of rotatable bonds is 10. The molecule has 2 fully saturated rings. The predicted octanol–water partition coefficient (Wildman–Crippen LogP) is 5.82. The van der Waals surface area contributed by atoms with Gasteiger partial charge >= 0.3 is 5.97 Å². The SMILES string of the molecule is CCC1(C(O)CC=C[C@@H]2[C@@H](CCCc3ccc(C(=O)O)s3)CC[C@H]2C#N)CCC1. The molecule has 5 heteroatoms. The van der Waals surface area contributed by atoms with Crippen LogP contribution in [0.25, 0.3) is 0 Å². The predicted molar refractivity (Wildman–Crippen MR) is 116 cm³/mol. The highest BCUT2D eigenvalue weighted by atomic mass is 32.1. The Hall–Kier alpha value is -1.64. The van der Waals surface area contributed by atoms with Crippen LogP contribution in [0.2, 0.25) is 0 Å². The van der Waals surface area contributed by atoms with E-state index in [1.165, 1.54) is 17.8 Å². The van der Waals surface area contributed by atoms with Gasteiger partial charge in [-0.15, -0.1) is 11.3 Å². The summed E-state index contributed by atoms with van der Waals surface area (Å²) >= 11 is 1.36. The fourth-order valence-corrected chi connectivity index (χ4v) is 6.11. The number of nitriles is 1. The zero-order valence-corrected chi connectivity index (χ0v) is 18.2. The van der Waals surface area contributed by atoms with Gasteiger partial charge in [0.15, 0.2) is 0 Å². The maximum absolute atomic E-state index is 11.0. The van der Waals surface area contributed by atoms with Crippen molar-refractivity contribution in [1.82, 2.24) is 0 Å². The lowest BCUT2D eigenvalue weighted by Crippen LogP contribution is -2.40. The molecule has 0 saturated heterocycles. The number of carboxylic acid groups (broad SMARTS) is 1. The van der Waals surface area contributed by atoms with Crippen molar-refractivity contribution in [2.45, 2.75) is 77.2 Å². The minimum atomic E-state index is -0.854. The lowest BCUT2D eigenvalue weighted by atomic mass is 9.63. The third kappa shape index (κ3) is 5.10. The summed E-state index contributed by atoms with van der Waals surface area (Å²) < 4.78 is 0. The normalized spacial score (nSPS) is 26.9. The van der Waals surface area contributed by atoms with E-state index in [0.29, 0.717) is 17.2 Å². The third-order valence-corrected chi connectivity index (χ3v) is 8.50. The van der Waals surface area contributed by atoms with E-state index in [0.717, 1.165) is 56.2 Å². The first kappa shape index (κ1) is 22.1. The number of carbonyl (C=O) groups is 1. The van der Waals surface area contributed by atoms with Crippen molar-refractivity contribution < 1.29 is 15.0 Å². The van der Waals surface area contributed by atoms with Gasteiger partial charge in [-0.2, -0.15) is 5.26 Å². The van der Waals surface area contributed by atoms with Crippen LogP contribution in [-0.4, -0.2) is 22.3 Å². The quantitative estimate of drug-likeness (QED) is 0.472. The second-order valence-corrected chi connectivity index (χ2v) is 10.0. The number of aliphatic hydroxyl groups excluding tert-OH is 1. The topological polar surface area (TPSA) is 81.3 Å². The molecule has 0 radical (unpaired) electrons. The highest BCUT2D eigenvalue weighted by Crippen LogP contribution is 2.48. The maximum Gasteiger partial charge on any atom is 0.345 e. The summed E-state index contributed by atoms with van der Waals surface area (Å²) in [5, 5.41) is 29.2. The van der Waals surface area contributed by atoms with Crippen molar-refractivity contribution in [3.8, 4) is 6.07 Å². The molecule has 2 saturated carbocycles. The Morgan fingerprint density at radius 1 is 1.41 bits per heavy atom. The number of nitrogens with zero attached hydrogens (tertiary/aromatic N) is 1. The molecule has 0 aliphatic heterocycles.